The summed E-state index contributed by atoms with van der Waals surface area (Å²) in [5.41, 5.74) is 2.86. The van der Waals surface area contributed by atoms with Crippen molar-refractivity contribution < 1.29 is 9.47 Å². The zero-order chi connectivity index (χ0) is 23.1. The molecular formula is C27H35N3O2S. The van der Waals surface area contributed by atoms with Crippen LogP contribution in [0.5, 0.6) is 11.5 Å². The van der Waals surface area contributed by atoms with Crippen LogP contribution in [0.15, 0.2) is 48.5 Å². The van der Waals surface area contributed by atoms with Gasteiger partial charge in [0, 0.05) is 29.6 Å². The maximum Gasteiger partial charge on any atom is 0.231 e. The number of ether oxygens (including phenoxy) is 2. The zero-order valence-electron chi connectivity index (χ0n) is 19.9. The van der Waals surface area contributed by atoms with Crippen LogP contribution < -0.4 is 20.1 Å². The Balaban J connectivity index is 1.40. The van der Waals surface area contributed by atoms with Gasteiger partial charge < -0.3 is 20.1 Å². The SMILES string of the molecule is CC(C)(C)NC(=S)N[C@@H]1CC[C@@]2(c3ccc4c(c3)OCO4)CCN(Cc3ccccc3)[C@H]2C1. The molecule has 33 heavy (non-hydrogen) atoms. The van der Waals surface area contributed by atoms with Crippen LogP contribution in [-0.2, 0) is 12.0 Å². The van der Waals surface area contributed by atoms with Crippen LogP contribution in [0.2, 0.25) is 0 Å². The highest BCUT2D eigenvalue weighted by atomic mass is 32.1. The minimum atomic E-state index is -0.0400. The third-order valence-electron chi connectivity index (χ3n) is 7.37. The van der Waals surface area contributed by atoms with Gasteiger partial charge in [-0.25, -0.2) is 0 Å². The first kappa shape index (κ1) is 22.5. The van der Waals surface area contributed by atoms with Crippen molar-refractivity contribution in [2.45, 2.75) is 76.0 Å². The molecule has 1 aliphatic carbocycles. The average Bonchev–Trinajstić information content (AvgIpc) is 3.38. The van der Waals surface area contributed by atoms with Crippen molar-refractivity contribution in [1.29, 1.82) is 0 Å². The Hall–Kier alpha value is -2.31. The van der Waals surface area contributed by atoms with Crippen LogP contribution in [0, 0.1) is 0 Å². The fourth-order valence-corrected chi connectivity index (χ4v) is 6.36. The lowest BCUT2D eigenvalue weighted by molar-refractivity contribution is 0.134. The van der Waals surface area contributed by atoms with Gasteiger partial charge in [-0.1, -0.05) is 36.4 Å². The third kappa shape index (κ3) is 4.69. The Morgan fingerprint density at radius 3 is 2.67 bits per heavy atom. The number of rotatable bonds is 4. The van der Waals surface area contributed by atoms with E-state index in [9.17, 15) is 0 Å². The average molecular weight is 466 g/mol. The van der Waals surface area contributed by atoms with Gasteiger partial charge in [0.25, 0.3) is 0 Å². The molecule has 2 fully saturated rings. The third-order valence-corrected chi connectivity index (χ3v) is 7.59. The summed E-state index contributed by atoms with van der Waals surface area (Å²) in [6.45, 7) is 8.83. The molecule has 3 atom stereocenters. The highest BCUT2D eigenvalue weighted by Gasteiger charge is 2.51. The van der Waals surface area contributed by atoms with Crippen molar-refractivity contribution >= 4 is 17.3 Å². The fraction of sp³-hybridized carbons (Fsp3) is 0.519. The molecule has 0 spiro atoms. The van der Waals surface area contributed by atoms with Crippen LogP contribution in [0.25, 0.3) is 0 Å². The smallest absolute Gasteiger partial charge is 0.231 e. The van der Waals surface area contributed by atoms with Gasteiger partial charge in [-0.05, 0) is 88.5 Å². The number of nitrogens with zero attached hydrogens (tertiary/aromatic N) is 1. The Bertz CT molecular complexity index is 1010. The molecule has 6 heteroatoms. The van der Waals surface area contributed by atoms with Gasteiger partial charge >= 0.3 is 0 Å². The molecule has 3 aliphatic rings. The first-order valence-corrected chi connectivity index (χ1v) is 12.5. The highest BCUT2D eigenvalue weighted by Crippen LogP contribution is 2.51. The van der Waals surface area contributed by atoms with Crippen LogP contribution in [0.3, 0.4) is 0 Å². The number of benzene rings is 2. The monoisotopic (exact) mass is 465 g/mol. The van der Waals surface area contributed by atoms with Crippen LogP contribution in [0.4, 0.5) is 0 Å². The first-order valence-electron chi connectivity index (χ1n) is 12.1. The highest BCUT2D eigenvalue weighted by molar-refractivity contribution is 7.80. The summed E-state index contributed by atoms with van der Waals surface area (Å²) in [7, 11) is 0. The minimum Gasteiger partial charge on any atom is -0.454 e. The fourth-order valence-electron chi connectivity index (χ4n) is 5.89. The van der Waals surface area contributed by atoms with E-state index in [-0.39, 0.29) is 11.0 Å². The van der Waals surface area contributed by atoms with E-state index in [1.54, 1.807) is 0 Å². The van der Waals surface area contributed by atoms with Crippen LogP contribution >= 0.6 is 12.2 Å². The predicted octanol–water partition coefficient (Wildman–Crippen LogP) is 4.74. The quantitative estimate of drug-likeness (QED) is 0.636. The molecule has 0 unspecified atom stereocenters. The van der Waals surface area contributed by atoms with E-state index >= 15 is 0 Å². The summed E-state index contributed by atoms with van der Waals surface area (Å²) in [5.74, 6) is 1.75. The van der Waals surface area contributed by atoms with Crippen molar-refractivity contribution in [2.75, 3.05) is 13.3 Å². The minimum absolute atomic E-state index is 0.0400. The molecule has 5 nitrogen and oxygen atoms in total. The lowest BCUT2D eigenvalue weighted by Gasteiger charge is -2.46. The molecule has 2 heterocycles. The van der Waals surface area contributed by atoms with Gasteiger partial charge in [0.05, 0.1) is 0 Å². The number of thiocarbonyl (C=S) groups is 1. The lowest BCUT2D eigenvalue weighted by atomic mass is 9.65. The largest absolute Gasteiger partial charge is 0.454 e. The summed E-state index contributed by atoms with van der Waals surface area (Å²) in [6.07, 6.45) is 4.49. The van der Waals surface area contributed by atoms with E-state index in [4.69, 9.17) is 21.7 Å². The van der Waals surface area contributed by atoms with Crippen molar-refractivity contribution in [3.63, 3.8) is 0 Å². The molecule has 2 N–H and O–H groups in total. The molecule has 5 rings (SSSR count). The molecule has 1 saturated heterocycles. The molecule has 0 bridgehead atoms. The molecule has 0 radical (unpaired) electrons. The van der Waals surface area contributed by atoms with E-state index in [2.05, 4.69) is 84.8 Å². The van der Waals surface area contributed by atoms with Gasteiger partial charge in [-0.2, -0.15) is 0 Å². The van der Waals surface area contributed by atoms with Crippen molar-refractivity contribution in [2.24, 2.45) is 0 Å². The van der Waals surface area contributed by atoms with Crippen LogP contribution in [0.1, 0.15) is 57.6 Å². The standard InChI is InChI=1S/C27H35N3O2S/c1-26(2,3)29-25(33)28-21-11-12-27(20-9-10-22-23(15-20)32-18-31-22)13-14-30(24(27)16-21)17-19-7-5-4-6-8-19/h4-10,15,21,24H,11-14,16-18H2,1-3H3,(H2,28,29,33)/t21-,24+,27+/m1/s1. The van der Waals surface area contributed by atoms with Crippen molar-refractivity contribution in [1.82, 2.24) is 15.5 Å². The Labute approximate surface area is 202 Å². The first-order chi connectivity index (χ1) is 15.8. The Morgan fingerprint density at radius 2 is 1.88 bits per heavy atom. The number of hydrogen-bond acceptors (Lipinski definition) is 4. The van der Waals surface area contributed by atoms with E-state index in [0.717, 1.165) is 49.0 Å². The van der Waals surface area contributed by atoms with E-state index in [1.807, 2.05) is 0 Å². The van der Waals surface area contributed by atoms with E-state index in [0.29, 0.717) is 18.9 Å². The molecule has 176 valence electrons. The van der Waals surface area contributed by atoms with Gasteiger partial charge in [-0.15, -0.1) is 0 Å². The molecule has 2 aromatic rings. The maximum atomic E-state index is 5.74. The Kier molecular flexibility index (Phi) is 6.00. The van der Waals surface area contributed by atoms with Crippen molar-refractivity contribution in [3.05, 3.63) is 59.7 Å². The van der Waals surface area contributed by atoms with Gasteiger partial charge in [-0.3, -0.25) is 4.90 Å². The number of hydrogen-bond donors (Lipinski definition) is 2. The predicted molar refractivity (Wildman–Crippen MR) is 136 cm³/mol. The van der Waals surface area contributed by atoms with Gasteiger partial charge in [0.15, 0.2) is 16.6 Å². The van der Waals surface area contributed by atoms with Gasteiger partial charge in [0.1, 0.15) is 0 Å². The molecule has 2 aliphatic heterocycles. The Morgan fingerprint density at radius 1 is 1.09 bits per heavy atom. The normalized spacial score (nSPS) is 26.6. The summed E-state index contributed by atoms with van der Waals surface area (Å²) in [4.78, 5) is 2.69. The second-order valence-electron chi connectivity index (χ2n) is 10.8. The molecule has 2 aromatic carbocycles. The molecule has 1 saturated carbocycles. The topological polar surface area (TPSA) is 45.8 Å². The zero-order valence-corrected chi connectivity index (χ0v) is 20.7. The molecule has 0 aromatic heterocycles. The number of nitrogens with one attached hydrogen (secondary N) is 2. The summed E-state index contributed by atoms with van der Waals surface area (Å²) in [6, 6.07) is 18.3. The van der Waals surface area contributed by atoms with E-state index in [1.165, 1.54) is 17.5 Å². The molecular weight excluding hydrogens is 430 g/mol. The maximum absolute atomic E-state index is 5.74. The summed E-state index contributed by atoms with van der Waals surface area (Å²) >= 11 is 5.65. The van der Waals surface area contributed by atoms with Gasteiger partial charge in [0.2, 0.25) is 6.79 Å². The molecule has 0 amide bonds. The summed E-state index contributed by atoms with van der Waals surface area (Å²) < 4.78 is 11.3. The summed E-state index contributed by atoms with van der Waals surface area (Å²) in [5, 5.41) is 7.81. The van der Waals surface area contributed by atoms with Crippen molar-refractivity contribution in [3.8, 4) is 11.5 Å². The second kappa shape index (κ2) is 8.80. The second-order valence-corrected chi connectivity index (χ2v) is 11.2. The lowest BCUT2D eigenvalue weighted by Crippen LogP contribution is -2.55. The number of likely N-dealkylation sites (tertiary alicyclic amines) is 1. The van der Waals surface area contributed by atoms with Crippen LogP contribution in [-0.4, -0.2) is 41.0 Å². The number of fused-ring (bicyclic) bond motifs is 2. The van der Waals surface area contributed by atoms with E-state index < -0.39 is 0 Å².